The number of fused-ring (bicyclic) bond motifs is 1. The van der Waals surface area contributed by atoms with Gasteiger partial charge in [-0.3, -0.25) is 0 Å². The van der Waals surface area contributed by atoms with Gasteiger partial charge < -0.3 is 5.73 Å². The minimum Gasteiger partial charge on any atom is -0.398 e. The molecule has 0 fully saturated rings. The molecule has 0 spiro atoms. The highest BCUT2D eigenvalue weighted by Crippen LogP contribution is 2.35. The van der Waals surface area contributed by atoms with Crippen molar-refractivity contribution in [1.29, 1.82) is 0 Å². The maximum Gasteiger partial charge on any atom is 0.0362 e. The van der Waals surface area contributed by atoms with E-state index < -0.39 is 0 Å². The summed E-state index contributed by atoms with van der Waals surface area (Å²) in [5, 5.41) is 4.00. The van der Waals surface area contributed by atoms with E-state index in [2.05, 4.69) is 28.6 Å². The second-order valence-corrected chi connectivity index (χ2v) is 4.71. The van der Waals surface area contributed by atoms with E-state index in [0.717, 1.165) is 21.5 Å². The van der Waals surface area contributed by atoms with Crippen molar-refractivity contribution in [2.75, 3.05) is 5.73 Å². The third-order valence-corrected chi connectivity index (χ3v) is 4.03. The van der Waals surface area contributed by atoms with Gasteiger partial charge in [0, 0.05) is 31.4 Å². The molecule has 0 unspecified atom stereocenters. The molecule has 1 aromatic heterocycles. The van der Waals surface area contributed by atoms with Crippen LogP contribution in [0.2, 0.25) is 0 Å². The predicted octanol–water partition coefficient (Wildman–Crippen LogP) is 3.67. The van der Waals surface area contributed by atoms with Gasteiger partial charge in [-0.15, -0.1) is 24.0 Å². The van der Waals surface area contributed by atoms with Gasteiger partial charge in [0.05, 0.1) is 0 Å². The van der Waals surface area contributed by atoms with Gasteiger partial charge in [-0.25, -0.2) is 0 Å². The lowest BCUT2D eigenvalue weighted by Crippen LogP contribution is -1.91. The van der Waals surface area contributed by atoms with Crippen LogP contribution < -0.4 is 5.73 Å². The number of halogens is 1. The molecule has 0 radical (unpaired) electrons. The molecule has 0 saturated heterocycles. The molecular formula is C9H8BrNS2. The van der Waals surface area contributed by atoms with Crippen LogP contribution in [0.1, 0.15) is 5.56 Å². The monoisotopic (exact) mass is 273 g/mol. The highest BCUT2D eigenvalue weighted by Gasteiger charge is 2.08. The van der Waals surface area contributed by atoms with Crippen molar-refractivity contribution in [2.45, 2.75) is 10.2 Å². The Bertz CT molecular complexity index is 450. The SMILES string of the molecule is Nc1ccc2scc(S)c2c1CBr. The zero-order chi connectivity index (χ0) is 9.42. The summed E-state index contributed by atoms with van der Waals surface area (Å²) < 4.78 is 1.24. The van der Waals surface area contributed by atoms with E-state index in [4.69, 9.17) is 5.73 Å². The van der Waals surface area contributed by atoms with Gasteiger partial charge >= 0.3 is 0 Å². The van der Waals surface area contributed by atoms with E-state index in [0.29, 0.717) is 0 Å². The molecule has 1 aromatic carbocycles. The van der Waals surface area contributed by atoms with E-state index >= 15 is 0 Å². The largest absolute Gasteiger partial charge is 0.398 e. The fourth-order valence-corrected chi connectivity index (χ4v) is 3.29. The van der Waals surface area contributed by atoms with Crippen molar-refractivity contribution < 1.29 is 0 Å². The fourth-order valence-electron chi connectivity index (χ4n) is 1.34. The van der Waals surface area contributed by atoms with Crippen LogP contribution in [0.4, 0.5) is 5.69 Å². The van der Waals surface area contributed by atoms with Gasteiger partial charge in [-0.05, 0) is 17.7 Å². The zero-order valence-electron chi connectivity index (χ0n) is 6.75. The first-order valence-corrected chi connectivity index (χ1v) is 6.22. The molecule has 0 amide bonds. The number of anilines is 1. The molecule has 2 N–H and O–H groups in total. The molecule has 2 rings (SSSR count). The molecule has 0 atom stereocenters. The Balaban J connectivity index is 2.88. The quantitative estimate of drug-likeness (QED) is 0.463. The van der Waals surface area contributed by atoms with E-state index in [1.54, 1.807) is 11.3 Å². The summed E-state index contributed by atoms with van der Waals surface area (Å²) in [4.78, 5) is 1.02. The Kier molecular flexibility index (Phi) is 2.53. The molecule has 0 aliphatic carbocycles. The van der Waals surface area contributed by atoms with Gasteiger partial charge in [-0.2, -0.15) is 0 Å². The normalized spacial score (nSPS) is 10.9. The number of rotatable bonds is 1. The van der Waals surface area contributed by atoms with E-state index in [-0.39, 0.29) is 0 Å². The summed E-state index contributed by atoms with van der Waals surface area (Å²) in [6.45, 7) is 0. The van der Waals surface area contributed by atoms with Crippen molar-refractivity contribution in [3.8, 4) is 0 Å². The van der Waals surface area contributed by atoms with Gasteiger partial charge in [0.15, 0.2) is 0 Å². The molecule has 68 valence electrons. The number of alkyl halides is 1. The standard InChI is InChI=1S/C9H8BrNS2/c10-3-5-6(11)1-2-8-9(5)7(12)4-13-8/h1-2,4,12H,3,11H2. The number of benzene rings is 1. The smallest absolute Gasteiger partial charge is 0.0362 e. The molecule has 4 heteroatoms. The number of hydrogen-bond acceptors (Lipinski definition) is 3. The second-order valence-electron chi connectivity index (χ2n) is 2.76. The number of thiophene rings is 1. The highest BCUT2D eigenvalue weighted by atomic mass is 79.9. The van der Waals surface area contributed by atoms with Crippen LogP contribution in [0.5, 0.6) is 0 Å². The Morgan fingerprint density at radius 2 is 2.23 bits per heavy atom. The van der Waals surface area contributed by atoms with E-state index in [9.17, 15) is 0 Å². The molecule has 2 aromatic rings. The summed E-state index contributed by atoms with van der Waals surface area (Å²) in [6.07, 6.45) is 0. The van der Waals surface area contributed by atoms with Crippen LogP contribution in [0.25, 0.3) is 10.1 Å². The molecular weight excluding hydrogens is 266 g/mol. The topological polar surface area (TPSA) is 26.0 Å². The molecule has 0 aliphatic heterocycles. The van der Waals surface area contributed by atoms with Crippen LogP contribution in [-0.2, 0) is 5.33 Å². The van der Waals surface area contributed by atoms with Crippen LogP contribution in [0, 0.1) is 0 Å². The van der Waals surface area contributed by atoms with Crippen LogP contribution in [-0.4, -0.2) is 0 Å². The molecule has 13 heavy (non-hydrogen) atoms. The minimum absolute atomic E-state index is 0.778. The summed E-state index contributed by atoms with van der Waals surface area (Å²) in [5.41, 5.74) is 7.84. The van der Waals surface area contributed by atoms with Gasteiger partial charge in [0.2, 0.25) is 0 Å². The summed E-state index contributed by atoms with van der Waals surface area (Å²) in [5.74, 6) is 0. The average molecular weight is 274 g/mol. The average Bonchev–Trinajstić information content (AvgIpc) is 2.49. The third-order valence-electron chi connectivity index (χ3n) is 2.00. The summed E-state index contributed by atoms with van der Waals surface area (Å²) in [7, 11) is 0. The number of nitrogen functional groups attached to an aromatic ring is 1. The molecule has 1 nitrogen and oxygen atoms in total. The molecule has 0 saturated carbocycles. The molecule has 1 heterocycles. The lowest BCUT2D eigenvalue weighted by molar-refractivity contribution is 1.47. The lowest BCUT2D eigenvalue weighted by atomic mass is 10.1. The van der Waals surface area contributed by atoms with Crippen molar-refractivity contribution >= 4 is 55.7 Å². The van der Waals surface area contributed by atoms with Gasteiger partial charge in [0.25, 0.3) is 0 Å². The summed E-state index contributed by atoms with van der Waals surface area (Å²) >= 11 is 9.54. The third kappa shape index (κ3) is 1.47. The van der Waals surface area contributed by atoms with Crippen LogP contribution in [0.3, 0.4) is 0 Å². The van der Waals surface area contributed by atoms with Crippen LogP contribution in [0.15, 0.2) is 22.4 Å². The second kappa shape index (κ2) is 3.52. The molecule has 0 aliphatic rings. The lowest BCUT2D eigenvalue weighted by Gasteiger charge is -2.04. The minimum atomic E-state index is 0.778. The van der Waals surface area contributed by atoms with Gasteiger partial charge in [-0.1, -0.05) is 15.9 Å². The van der Waals surface area contributed by atoms with Crippen molar-refractivity contribution in [2.24, 2.45) is 0 Å². The maximum atomic E-state index is 5.87. The van der Waals surface area contributed by atoms with Crippen molar-refractivity contribution in [1.82, 2.24) is 0 Å². The van der Waals surface area contributed by atoms with E-state index in [1.165, 1.54) is 10.1 Å². The first-order valence-electron chi connectivity index (χ1n) is 3.77. The Labute approximate surface area is 94.5 Å². The van der Waals surface area contributed by atoms with Crippen LogP contribution >= 0.6 is 39.9 Å². The highest BCUT2D eigenvalue weighted by molar-refractivity contribution is 9.08. The zero-order valence-corrected chi connectivity index (χ0v) is 10.0. The van der Waals surface area contributed by atoms with Gasteiger partial charge in [0.1, 0.15) is 0 Å². The Morgan fingerprint density at radius 1 is 1.46 bits per heavy atom. The first-order chi connectivity index (χ1) is 6.24. The number of hydrogen-bond donors (Lipinski definition) is 2. The fraction of sp³-hybridized carbons (Fsp3) is 0.111. The Morgan fingerprint density at radius 3 is 2.92 bits per heavy atom. The number of thiol groups is 1. The predicted molar refractivity (Wildman–Crippen MR) is 66.1 cm³/mol. The Hall–Kier alpha value is -0.190. The molecule has 0 bridgehead atoms. The first kappa shape index (κ1) is 9.37. The van der Waals surface area contributed by atoms with Crippen molar-refractivity contribution in [3.05, 3.63) is 23.1 Å². The van der Waals surface area contributed by atoms with Crippen molar-refractivity contribution in [3.63, 3.8) is 0 Å². The summed E-state index contributed by atoms with van der Waals surface area (Å²) in [6, 6.07) is 3.99. The maximum absolute atomic E-state index is 5.87. The van der Waals surface area contributed by atoms with E-state index in [1.807, 2.05) is 17.5 Å². The number of nitrogens with two attached hydrogens (primary N) is 1.